The molecule has 0 saturated heterocycles. The van der Waals surface area contributed by atoms with Crippen LogP contribution in [0.1, 0.15) is 5.69 Å². The quantitative estimate of drug-likeness (QED) is 0.669. The largest absolute Gasteiger partial charge is 0.356 e. The highest BCUT2D eigenvalue weighted by molar-refractivity contribution is 5.56. The van der Waals surface area contributed by atoms with Gasteiger partial charge in [0, 0.05) is 11.6 Å². The maximum Gasteiger partial charge on any atom is 0.167 e. The van der Waals surface area contributed by atoms with Gasteiger partial charge in [-0.2, -0.15) is 0 Å². The van der Waals surface area contributed by atoms with Gasteiger partial charge in [-0.3, -0.25) is 0 Å². The van der Waals surface area contributed by atoms with Crippen LogP contribution in [0.25, 0.3) is 11.3 Å². The maximum atomic E-state index is 12.8. The summed E-state index contributed by atoms with van der Waals surface area (Å²) < 4.78 is 17.8. The van der Waals surface area contributed by atoms with E-state index in [0.717, 1.165) is 5.69 Å². The van der Waals surface area contributed by atoms with Crippen molar-refractivity contribution in [3.8, 4) is 11.3 Å². The molecule has 3 heteroatoms. The molecule has 0 unspecified atom stereocenters. The van der Waals surface area contributed by atoms with Crippen molar-refractivity contribution in [1.29, 1.82) is 0 Å². The number of rotatable bonds is 1. The van der Waals surface area contributed by atoms with Crippen LogP contribution in [0.4, 0.5) is 4.39 Å². The summed E-state index contributed by atoms with van der Waals surface area (Å²) in [7, 11) is 0. The van der Waals surface area contributed by atoms with Gasteiger partial charge in [-0.15, -0.1) is 0 Å². The summed E-state index contributed by atoms with van der Waals surface area (Å²) in [6.07, 6.45) is 0. The van der Waals surface area contributed by atoms with Crippen molar-refractivity contribution in [1.82, 2.24) is 5.16 Å². The Balaban J connectivity index is 2.46. The number of aromatic nitrogens is 1. The fourth-order valence-electron chi connectivity index (χ4n) is 1.14. The Hall–Kier alpha value is -1.64. The zero-order valence-corrected chi connectivity index (χ0v) is 7.12. The minimum atomic E-state index is -0.272. The van der Waals surface area contributed by atoms with Crippen molar-refractivity contribution in [2.75, 3.05) is 0 Å². The van der Waals surface area contributed by atoms with E-state index in [-0.39, 0.29) is 5.82 Å². The zero-order chi connectivity index (χ0) is 9.26. The molecule has 0 atom stereocenters. The molecule has 13 heavy (non-hydrogen) atoms. The van der Waals surface area contributed by atoms with Crippen LogP contribution in [-0.4, -0.2) is 5.16 Å². The van der Waals surface area contributed by atoms with Crippen LogP contribution in [0.5, 0.6) is 0 Å². The second kappa shape index (κ2) is 3.01. The van der Waals surface area contributed by atoms with Gasteiger partial charge in [-0.25, -0.2) is 4.39 Å². The number of nitrogens with zero attached hydrogens (tertiary/aromatic N) is 1. The van der Waals surface area contributed by atoms with E-state index in [2.05, 4.69) is 5.16 Å². The van der Waals surface area contributed by atoms with Crippen LogP contribution >= 0.6 is 0 Å². The summed E-state index contributed by atoms with van der Waals surface area (Å²) in [4.78, 5) is 0. The van der Waals surface area contributed by atoms with Crippen molar-refractivity contribution in [3.63, 3.8) is 0 Å². The minimum Gasteiger partial charge on any atom is -0.356 e. The van der Waals surface area contributed by atoms with Gasteiger partial charge >= 0.3 is 0 Å². The molecule has 2 rings (SSSR count). The number of benzene rings is 1. The van der Waals surface area contributed by atoms with Crippen LogP contribution < -0.4 is 0 Å². The molecular weight excluding hydrogens is 169 g/mol. The van der Waals surface area contributed by atoms with Crippen molar-refractivity contribution in [3.05, 3.63) is 41.8 Å². The summed E-state index contributed by atoms with van der Waals surface area (Å²) in [6.45, 7) is 1.83. The normalized spacial score (nSPS) is 10.3. The zero-order valence-electron chi connectivity index (χ0n) is 7.12. The van der Waals surface area contributed by atoms with Crippen LogP contribution in [0.2, 0.25) is 0 Å². The predicted molar refractivity (Wildman–Crippen MR) is 46.6 cm³/mol. The molecular formula is C10H8FNO. The molecule has 0 amide bonds. The number of hydrogen-bond donors (Lipinski definition) is 0. The summed E-state index contributed by atoms with van der Waals surface area (Å²) >= 11 is 0. The molecule has 2 nitrogen and oxygen atoms in total. The highest BCUT2D eigenvalue weighted by Crippen LogP contribution is 2.20. The molecule has 0 aliphatic carbocycles. The smallest absolute Gasteiger partial charge is 0.167 e. The average molecular weight is 177 g/mol. The molecule has 0 radical (unpaired) electrons. The van der Waals surface area contributed by atoms with Gasteiger partial charge in [0.05, 0.1) is 5.69 Å². The third-order valence-electron chi connectivity index (χ3n) is 1.74. The molecule has 0 bridgehead atoms. The van der Waals surface area contributed by atoms with E-state index in [0.29, 0.717) is 11.3 Å². The first-order valence-corrected chi connectivity index (χ1v) is 3.95. The Bertz CT molecular complexity index is 422. The molecule has 0 saturated carbocycles. The fourth-order valence-corrected chi connectivity index (χ4v) is 1.14. The predicted octanol–water partition coefficient (Wildman–Crippen LogP) is 2.79. The monoisotopic (exact) mass is 177 g/mol. The van der Waals surface area contributed by atoms with Crippen molar-refractivity contribution in [2.45, 2.75) is 6.92 Å². The fraction of sp³-hybridized carbons (Fsp3) is 0.100. The number of hydrogen-bond acceptors (Lipinski definition) is 2. The van der Waals surface area contributed by atoms with Crippen molar-refractivity contribution >= 4 is 0 Å². The van der Waals surface area contributed by atoms with E-state index >= 15 is 0 Å². The second-order valence-corrected chi connectivity index (χ2v) is 2.84. The topological polar surface area (TPSA) is 26.0 Å². The van der Waals surface area contributed by atoms with Gasteiger partial charge < -0.3 is 4.52 Å². The first kappa shape index (κ1) is 7.98. The molecule has 0 fully saturated rings. The molecule has 1 aromatic heterocycles. The van der Waals surface area contributed by atoms with E-state index in [4.69, 9.17) is 4.52 Å². The van der Waals surface area contributed by atoms with Gasteiger partial charge in [-0.1, -0.05) is 17.3 Å². The minimum absolute atomic E-state index is 0.272. The highest BCUT2D eigenvalue weighted by Gasteiger charge is 2.03. The Morgan fingerprint density at radius 3 is 2.77 bits per heavy atom. The van der Waals surface area contributed by atoms with Gasteiger partial charge in [0.1, 0.15) is 5.82 Å². The van der Waals surface area contributed by atoms with E-state index in [1.54, 1.807) is 18.2 Å². The summed E-state index contributed by atoms with van der Waals surface area (Å²) in [5.74, 6) is 0.323. The molecule has 0 aliphatic heterocycles. The molecule has 0 N–H and O–H groups in total. The number of halogens is 1. The van der Waals surface area contributed by atoms with E-state index < -0.39 is 0 Å². The van der Waals surface area contributed by atoms with Crippen LogP contribution in [0.3, 0.4) is 0 Å². The van der Waals surface area contributed by atoms with E-state index in [1.807, 2.05) is 6.92 Å². The van der Waals surface area contributed by atoms with Crippen LogP contribution in [-0.2, 0) is 0 Å². The lowest BCUT2D eigenvalue weighted by atomic mass is 10.1. The van der Waals surface area contributed by atoms with Gasteiger partial charge in [-0.05, 0) is 19.1 Å². The SMILES string of the molecule is Cc1cc(-c2cccc(F)c2)on1. The van der Waals surface area contributed by atoms with Crippen LogP contribution in [0, 0.1) is 12.7 Å². The Morgan fingerprint density at radius 2 is 2.15 bits per heavy atom. The van der Waals surface area contributed by atoms with Gasteiger partial charge in [0.2, 0.25) is 0 Å². The van der Waals surface area contributed by atoms with Crippen LogP contribution in [0.15, 0.2) is 34.9 Å². The molecule has 1 heterocycles. The first-order valence-electron chi connectivity index (χ1n) is 3.95. The Kier molecular flexibility index (Phi) is 1.85. The Morgan fingerprint density at radius 1 is 1.31 bits per heavy atom. The molecule has 0 spiro atoms. The van der Waals surface area contributed by atoms with Crippen molar-refractivity contribution in [2.24, 2.45) is 0 Å². The third kappa shape index (κ3) is 1.59. The van der Waals surface area contributed by atoms with E-state index in [1.165, 1.54) is 12.1 Å². The van der Waals surface area contributed by atoms with Crippen molar-refractivity contribution < 1.29 is 8.91 Å². The highest BCUT2D eigenvalue weighted by atomic mass is 19.1. The standard InChI is InChI=1S/C10H8FNO/c1-7-5-10(13-12-7)8-3-2-4-9(11)6-8/h2-6H,1H3. The Labute approximate surface area is 75.0 Å². The van der Waals surface area contributed by atoms with Gasteiger partial charge in [0.25, 0.3) is 0 Å². The third-order valence-corrected chi connectivity index (χ3v) is 1.74. The maximum absolute atomic E-state index is 12.8. The molecule has 66 valence electrons. The average Bonchev–Trinajstić information content (AvgIpc) is 2.52. The van der Waals surface area contributed by atoms with Gasteiger partial charge in [0.15, 0.2) is 5.76 Å². The first-order chi connectivity index (χ1) is 6.25. The lowest BCUT2D eigenvalue weighted by molar-refractivity contribution is 0.427. The molecule has 2 aromatic rings. The second-order valence-electron chi connectivity index (χ2n) is 2.84. The molecule has 1 aromatic carbocycles. The van der Waals surface area contributed by atoms with E-state index in [9.17, 15) is 4.39 Å². The number of aryl methyl sites for hydroxylation is 1. The molecule has 0 aliphatic rings. The lowest BCUT2D eigenvalue weighted by Gasteiger charge is -1.93. The summed E-state index contributed by atoms with van der Waals surface area (Å²) in [5.41, 5.74) is 1.50. The summed E-state index contributed by atoms with van der Waals surface area (Å²) in [5, 5.41) is 3.73. The lowest BCUT2D eigenvalue weighted by Crippen LogP contribution is -1.76. The summed E-state index contributed by atoms with van der Waals surface area (Å²) in [6, 6.07) is 8.01.